The number of halogens is 5. The Morgan fingerprint density at radius 2 is 1.92 bits per heavy atom. The largest absolute Gasteiger partial charge is 0.410 e. The zero-order valence-corrected chi connectivity index (χ0v) is 20.3. The Hall–Kier alpha value is -3.78. The Kier molecular flexibility index (Phi) is 7.56. The molecule has 3 heterocycles. The highest BCUT2D eigenvalue weighted by molar-refractivity contribution is 6.00. The summed E-state index contributed by atoms with van der Waals surface area (Å²) in [4.78, 5) is 43.0. The smallest absolute Gasteiger partial charge is 0.339 e. The summed E-state index contributed by atoms with van der Waals surface area (Å²) in [7, 11) is 1.54. The molecular formula is C23H26F5N7O3. The van der Waals surface area contributed by atoms with Crippen LogP contribution in [0.5, 0.6) is 0 Å². The molecule has 2 atom stereocenters. The average Bonchev–Trinajstić information content (AvgIpc) is 3.43. The summed E-state index contributed by atoms with van der Waals surface area (Å²) >= 11 is 0. The molecule has 1 saturated heterocycles. The topological polar surface area (TPSA) is 121 Å². The molecule has 2 fully saturated rings. The predicted octanol–water partition coefficient (Wildman–Crippen LogP) is 2.83. The highest BCUT2D eigenvalue weighted by Crippen LogP contribution is 2.37. The van der Waals surface area contributed by atoms with Gasteiger partial charge in [-0.15, -0.1) is 0 Å². The molecule has 2 aromatic rings. The van der Waals surface area contributed by atoms with Crippen molar-refractivity contribution in [3.8, 4) is 0 Å². The molecule has 4 amide bonds. The van der Waals surface area contributed by atoms with Crippen LogP contribution in [-0.2, 0) is 18.4 Å². The summed E-state index contributed by atoms with van der Waals surface area (Å²) in [6.07, 6.45) is -2.70. The predicted molar refractivity (Wildman–Crippen MR) is 123 cm³/mol. The van der Waals surface area contributed by atoms with E-state index in [4.69, 9.17) is 0 Å². The molecule has 3 N–H and O–H groups in total. The molecule has 4 rings (SSSR count). The number of nitrogens with one attached hydrogen (secondary N) is 3. The maximum absolute atomic E-state index is 13.8. The number of hydrogen-bond acceptors (Lipinski definition) is 5. The van der Waals surface area contributed by atoms with E-state index < -0.39 is 67.3 Å². The zero-order valence-electron chi connectivity index (χ0n) is 20.3. The first-order valence-corrected chi connectivity index (χ1v) is 11.9. The van der Waals surface area contributed by atoms with E-state index in [1.165, 1.54) is 42.3 Å². The van der Waals surface area contributed by atoms with Gasteiger partial charge in [0, 0.05) is 38.8 Å². The summed E-state index contributed by atoms with van der Waals surface area (Å²) in [6, 6.07) is 0.304. The molecule has 15 heteroatoms. The van der Waals surface area contributed by atoms with Crippen LogP contribution in [0.4, 0.5) is 32.6 Å². The summed E-state index contributed by atoms with van der Waals surface area (Å²) in [5, 5.41) is 11.0. The van der Waals surface area contributed by atoms with Crippen LogP contribution in [0, 0.1) is 5.92 Å². The van der Waals surface area contributed by atoms with Crippen molar-refractivity contribution < 1.29 is 36.3 Å². The molecule has 2 aliphatic rings. The van der Waals surface area contributed by atoms with Crippen LogP contribution in [0.15, 0.2) is 30.6 Å². The molecule has 206 valence electrons. The van der Waals surface area contributed by atoms with Crippen LogP contribution in [-0.4, -0.2) is 68.2 Å². The molecule has 2 aromatic heterocycles. The van der Waals surface area contributed by atoms with Crippen LogP contribution in [0.1, 0.15) is 41.7 Å². The van der Waals surface area contributed by atoms with Crippen LogP contribution in [0.2, 0.25) is 0 Å². The van der Waals surface area contributed by atoms with E-state index in [1.807, 2.05) is 5.32 Å². The van der Waals surface area contributed by atoms with Crippen molar-refractivity contribution in [2.45, 2.75) is 56.4 Å². The van der Waals surface area contributed by atoms with Gasteiger partial charge in [0.1, 0.15) is 23.6 Å². The standard InChI is InChI=1S/C23H26F5N7O3/c1-34-15(5-9-30-34)19(36)33-18(14-2-6-22(24,25)7-3-14)20(37)32-17-10-13(4-8-29-17)11-35-12-16(23(26,27)28)31-21(35)38/h4-5,8-10,14,16,18H,2-3,6-7,11-12H2,1H3,(H,31,38)(H,33,36)(H,29,32,37)/t16-,18-/m0/s1. The van der Waals surface area contributed by atoms with Gasteiger partial charge in [-0.1, -0.05) is 0 Å². The number of aromatic nitrogens is 3. The van der Waals surface area contributed by atoms with Gasteiger partial charge in [-0.3, -0.25) is 14.3 Å². The number of pyridine rings is 1. The number of carbonyl (C=O) groups excluding carboxylic acids is 3. The van der Waals surface area contributed by atoms with Crippen molar-refractivity contribution in [3.05, 3.63) is 41.9 Å². The molecule has 1 aliphatic carbocycles. The maximum Gasteiger partial charge on any atom is 0.410 e. The van der Waals surface area contributed by atoms with Crippen molar-refractivity contribution >= 4 is 23.7 Å². The molecule has 0 spiro atoms. The highest BCUT2D eigenvalue weighted by atomic mass is 19.4. The van der Waals surface area contributed by atoms with E-state index in [2.05, 4.69) is 20.7 Å². The van der Waals surface area contributed by atoms with Crippen molar-refractivity contribution in [3.63, 3.8) is 0 Å². The molecule has 0 bridgehead atoms. The van der Waals surface area contributed by atoms with Crippen LogP contribution < -0.4 is 16.0 Å². The van der Waals surface area contributed by atoms with Crippen molar-refractivity contribution in [2.75, 3.05) is 11.9 Å². The number of urea groups is 1. The fraction of sp³-hybridized carbons (Fsp3) is 0.522. The number of alkyl halides is 5. The molecule has 1 aliphatic heterocycles. The lowest BCUT2D eigenvalue weighted by molar-refractivity contribution is -0.149. The Morgan fingerprint density at radius 1 is 1.21 bits per heavy atom. The second kappa shape index (κ2) is 10.5. The van der Waals surface area contributed by atoms with Gasteiger partial charge in [0.05, 0.1) is 6.54 Å². The minimum atomic E-state index is -4.58. The lowest BCUT2D eigenvalue weighted by Crippen LogP contribution is -2.50. The minimum Gasteiger partial charge on any atom is -0.339 e. The second-order valence-corrected chi connectivity index (χ2v) is 9.45. The first kappa shape index (κ1) is 27.3. The fourth-order valence-electron chi connectivity index (χ4n) is 4.58. The minimum absolute atomic E-state index is 0.00860. The molecule has 1 saturated carbocycles. The summed E-state index contributed by atoms with van der Waals surface area (Å²) in [6.45, 7) is -0.733. The van der Waals surface area contributed by atoms with Gasteiger partial charge >= 0.3 is 12.2 Å². The zero-order chi connectivity index (χ0) is 27.7. The van der Waals surface area contributed by atoms with E-state index in [-0.39, 0.29) is 30.9 Å². The van der Waals surface area contributed by atoms with E-state index in [0.717, 1.165) is 4.90 Å². The number of carbonyl (C=O) groups is 3. The number of anilines is 1. The lowest BCUT2D eigenvalue weighted by Gasteiger charge is -2.33. The van der Waals surface area contributed by atoms with E-state index >= 15 is 0 Å². The summed E-state index contributed by atoms with van der Waals surface area (Å²) in [5.74, 6) is -4.67. The summed E-state index contributed by atoms with van der Waals surface area (Å²) in [5.41, 5.74) is 0.575. The summed E-state index contributed by atoms with van der Waals surface area (Å²) < 4.78 is 67.7. The maximum atomic E-state index is 13.8. The van der Waals surface area contributed by atoms with Gasteiger partial charge < -0.3 is 20.9 Å². The molecule has 10 nitrogen and oxygen atoms in total. The first-order chi connectivity index (χ1) is 17.8. The molecular weight excluding hydrogens is 517 g/mol. The van der Waals surface area contributed by atoms with Gasteiger partial charge in [0.25, 0.3) is 5.91 Å². The molecule has 0 radical (unpaired) electrons. The Labute approximate surface area is 213 Å². The number of hydrogen-bond donors (Lipinski definition) is 3. The molecule has 0 aromatic carbocycles. The number of rotatable bonds is 7. The van der Waals surface area contributed by atoms with E-state index in [0.29, 0.717) is 5.56 Å². The van der Waals surface area contributed by atoms with Crippen LogP contribution in [0.25, 0.3) is 0 Å². The highest BCUT2D eigenvalue weighted by Gasteiger charge is 2.47. The average molecular weight is 543 g/mol. The normalized spacial score (nSPS) is 20.6. The van der Waals surface area contributed by atoms with Gasteiger partial charge in [0.15, 0.2) is 0 Å². The fourth-order valence-corrected chi connectivity index (χ4v) is 4.58. The van der Waals surface area contributed by atoms with Gasteiger partial charge in [-0.05, 0) is 42.5 Å². The Balaban J connectivity index is 1.47. The van der Waals surface area contributed by atoms with Crippen LogP contribution in [0.3, 0.4) is 0 Å². The SMILES string of the molecule is Cn1nccc1C(=O)N[C@H](C(=O)Nc1cc(CN2C[C@@H](C(F)(F)F)NC2=O)ccn1)C1CCC(F)(F)CC1. The number of amides is 4. The third-order valence-corrected chi connectivity index (χ3v) is 6.69. The van der Waals surface area contributed by atoms with E-state index in [1.54, 1.807) is 0 Å². The Morgan fingerprint density at radius 3 is 2.53 bits per heavy atom. The number of nitrogens with zero attached hydrogens (tertiary/aromatic N) is 4. The first-order valence-electron chi connectivity index (χ1n) is 11.9. The van der Waals surface area contributed by atoms with Gasteiger partial charge in [-0.25, -0.2) is 18.6 Å². The molecule has 38 heavy (non-hydrogen) atoms. The van der Waals surface area contributed by atoms with Crippen molar-refractivity contribution in [2.24, 2.45) is 13.0 Å². The number of aryl methyl sites for hydroxylation is 1. The monoisotopic (exact) mass is 543 g/mol. The van der Waals surface area contributed by atoms with Gasteiger partial charge in [0.2, 0.25) is 11.8 Å². The second-order valence-electron chi connectivity index (χ2n) is 9.45. The van der Waals surface area contributed by atoms with Crippen molar-refractivity contribution in [1.82, 2.24) is 30.3 Å². The third kappa shape index (κ3) is 6.37. The molecule has 0 unspecified atom stereocenters. The Bertz CT molecular complexity index is 1190. The van der Waals surface area contributed by atoms with Crippen molar-refractivity contribution in [1.29, 1.82) is 0 Å². The van der Waals surface area contributed by atoms with Crippen LogP contribution >= 0.6 is 0 Å². The van der Waals surface area contributed by atoms with Gasteiger partial charge in [-0.2, -0.15) is 18.3 Å². The third-order valence-electron chi connectivity index (χ3n) is 6.69. The van der Waals surface area contributed by atoms with E-state index in [9.17, 15) is 36.3 Å². The quantitative estimate of drug-likeness (QED) is 0.464. The lowest BCUT2D eigenvalue weighted by atomic mass is 9.81.